The van der Waals surface area contributed by atoms with Crippen LogP contribution in [0.5, 0.6) is 11.5 Å². The van der Waals surface area contributed by atoms with Crippen LogP contribution >= 0.6 is 11.6 Å². The van der Waals surface area contributed by atoms with Gasteiger partial charge in [0.25, 0.3) is 5.91 Å². The molecule has 0 spiro atoms. The van der Waals surface area contributed by atoms with Crippen LogP contribution in [0.4, 0.5) is 0 Å². The largest absolute Gasteiger partial charge is 0.490 e. The van der Waals surface area contributed by atoms with Crippen molar-refractivity contribution in [2.24, 2.45) is 0 Å². The fraction of sp³-hybridized carbons (Fsp3) is 0.273. The van der Waals surface area contributed by atoms with Crippen LogP contribution in [0.1, 0.15) is 41.6 Å². The molecule has 0 saturated heterocycles. The van der Waals surface area contributed by atoms with Gasteiger partial charge in [0.1, 0.15) is 5.58 Å². The summed E-state index contributed by atoms with van der Waals surface area (Å²) in [5, 5.41) is 0.777. The predicted octanol–water partition coefficient (Wildman–Crippen LogP) is 4.42. The standard InChI is InChI=1S/C22H20ClNO5/c1-4-27-16-8-6-12(10-17(16)28-5-2)19-18-20(25)14-11-13(23)7-9-15(14)29-21(18)22(26)24(19)3/h6-11,19H,4-5H2,1-3H3. The monoisotopic (exact) mass is 413 g/mol. The van der Waals surface area contributed by atoms with Crippen LogP contribution in [0.15, 0.2) is 45.6 Å². The van der Waals surface area contributed by atoms with Crippen LogP contribution in [-0.2, 0) is 0 Å². The van der Waals surface area contributed by atoms with Gasteiger partial charge in [0, 0.05) is 12.1 Å². The van der Waals surface area contributed by atoms with E-state index in [2.05, 4.69) is 0 Å². The molecule has 29 heavy (non-hydrogen) atoms. The minimum absolute atomic E-state index is 0.0594. The molecule has 0 fully saturated rings. The first-order chi connectivity index (χ1) is 14.0. The third-order valence-electron chi connectivity index (χ3n) is 4.95. The quantitative estimate of drug-likeness (QED) is 0.619. The fourth-order valence-corrected chi connectivity index (χ4v) is 3.86. The number of nitrogens with zero attached hydrogens (tertiary/aromatic N) is 1. The molecule has 1 atom stereocenters. The van der Waals surface area contributed by atoms with E-state index in [0.29, 0.717) is 46.3 Å². The van der Waals surface area contributed by atoms with Crippen LogP contribution in [0.3, 0.4) is 0 Å². The minimum Gasteiger partial charge on any atom is -0.490 e. The zero-order valence-corrected chi connectivity index (χ0v) is 17.1. The van der Waals surface area contributed by atoms with Gasteiger partial charge in [-0.25, -0.2) is 0 Å². The highest BCUT2D eigenvalue weighted by molar-refractivity contribution is 6.31. The molecule has 150 valence electrons. The van der Waals surface area contributed by atoms with Gasteiger partial charge in [-0.05, 0) is 49.7 Å². The van der Waals surface area contributed by atoms with E-state index in [1.807, 2.05) is 19.9 Å². The molecule has 0 aliphatic carbocycles. The number of halogens is 1. The molecule has 6 nitrogen and oxygen atoms in total. The lowest BCUT2D eigenvalue weighted by Gasteiger charge is -2.21. The lowest BCUT2D eigenvalue weighted by molar-refractivity contribution is 0.0771. The van der Waals surface area contributed by atoms with E-state index in [1.165, 1.54) is 4.90 Å². The molecule has 1 unspecified atom stereocenters. The molecular formula is C22H20ClNO5. The van der Waals surface area contributed by atoms with Gasteiger partial charge in [-0.2, -0.15) is 0 Å². The number of benzene rings is 2. The molecule has 1 aliphatic rings. The molecule has 0 radical (unpaired) electrons. The Bertz CT molecular complexity index is 1170. The summed E-state index contributed by atoms with van der Waals surface area (Å²) in [6.07, 6.45) is 0. The average Bonchev–Trinajstić information content (AvgIpc) is 2.95. The number of carbonyl (C=O) groups excluding carboxylic acids is 1. The van der Waals surface area contributed by atoms with Crippen molar-refractivity contribution >= 4 is 28.5 Å². The molecule has 2 heterocycles. The third kappa shape index (κ3) is 3.13. The molecule has 2 aromatic carbocycles. The molecule has 1 amide bonds. The fourth-order valence-electron chi connectivity index (χ4n) is 3.69. The maximum absolute atomic E-state index is 13.3. The first kappa shape index (κ1) is 19.3. The summed E-state index contributed by atoms with van der Waals surface area (Å²) in [6.45, 7) is 4.74. The predicted molar refractivity (Wildman–Crippen MR) is 110 cm³/mol. The van der Waals surface area contributed by atoms with Crippen molar-refractivity contribution < 1.29 is 18.7 Å². The first-order valence-corrected chi connectivity index (χ1v) is 9.77. The third-order valence-corrected chi connectivity index (χ3v) is 5.18. The van der Waals surface area contributed by atoms with Gasteiger partial charge >= 0.3 is 0 Å². The van der Waals surface area contributed by atoms with Crippen LogP contribution in [0.25, 0.3) is 11.0 Å². The second-order valence-electron chi connectivity index (χ2n) is 6.71. The highest BCUT2D eigenvalue weighted by Crippen LogP contribution is 2.40. The second-order valence-corrected chi connectivity index (χ2v) is 7.14. The van der Waals surface area contributed by atoms with Gasteiger partial charge in [-0.15, -0.1) is 0 Å². The summed E-state index contributed by atoms with van der Waals surface area (Å²) in [5.41, 5.74) is 1.11. The highest BCUT2D eigenvalue weighted by atomic mass is 35.5. The molecule has 0 bridgehead atoms. The Hall–Kier alpha value is -2.99. The van der Waals surface area contributed by atoms with Gasteiger partial charge in [0.05, 0.1) is 30.2 Å². The molecule has 0 N–H and O–H groups in total. The summed E-state index contributed by atoms with van der Waals surface area (Å²) >= 11 is 6.07. The summed E-state index contributed by atoms with van der Waals surface area (Å²) in [4.78, 5) is 27.6. The van der Waals surface area contributed by atoms with E-state index >= 15 is 0 Å². The molecule has 1 aromatic heterocycles. The van der Waals surface area contributed by atoms with Gasteiger partial charge in [-0.1, -0.05) is 17.7 Å². The SMILES string of the molecule is CCOc1ccc(C2c3c(oc4ccc(Cl)cc4c3=O)C(=O)N2C)cc1OCC. The molecule has 4 rings (SSSR count). The van der Waals surface area contributed by atoms with E-state index in [4.69, 9.17) is 25.5 Å². The molecule has 3 aromatic rings. The number of fused-ring (bicyclic) bond motifs is 2. The van der Waals surface area contributed by atoms with E-state index in [9.17, 15) is 9.59 Å². The van der Waals surface area contributed by atoms with Crippen molar-refractivity contribution in [3.63, 3.8) is 0 Å². The maximum atomic E-state index is 13.3. The van der Waals surface area contributed by atoms with Crippen LogP contribution < -0.4 is 14.9 Å². The van der Waals surface area contributed by atoms with Crippen molar-refractivity contribution in [2.45, 2.75) is 19.9 Å². The van der Waals surface area contributed by atoms with Gasteiger partial charge in [0.15, 0.2) is 16.9 Å². The Morgan fingerprint density at radius 2 is 1.76 bits per heavy atom. The number of hydrogen-bond acceptors (Lipinski definition) is 5. The molecule has 1 aliphatic heterocycles. The van der Waals surface area contributed by atoms with Crippen molar-refractivity contribution in [3.8, 4) is 11.5 Å². The van der Waals surface area contributed by atoms with E-state index in [-0.39, 0.29) is 17.1 Å². The maximum Gasteiger partial charge on any atom is 0.290 e. The lowest BCUT2D eigenvalue weighted by atomic mass is 9.98. The zero-order chi connectivity index (χ0) is 20.7. The van der Waals surface area contributed by atoms with Crippen molar-refractivity contribution in [2.75, 3.05) is 20.3 Å². The Morgan fingerprint density at radius 1 is 1.03 bits per heavy atom. The van der Waals surface area contributed by atoms with Crippen molar-refractivity contribution in [1.29, 1.82) is 0 Å². The Kier molecular flexibility index (Phi) is 4.96. The van der Waals surface area contributed by atoms with Gasteiger partial charge < -0.3 is 18.8 Å². The van der Waals surface area contributed by atoms with E-state index < -0.39 is 6.04 Å². The summed E-state index contributed by atoms with van der Waals surface area (Å²) < 4.78 is 17.1. The number of carbonyl (C=O) groups is 1. The summed E-state index contributed by atoms with van der Waals surface area (Å²) in [5.74, 6) is 0.895. The first-order valence-electron chi connectivity index (χ1n) is 9.39. The zero-order valence-electron chi connectivity index (χ0n) is 16.3. The topological polar surface area (TPSA) is 69.0 Å². The van der Waals surface area contributed by atoms with Gasteiger partial charge in [0.2, 0.25) is 5.76 Å². The minimum atomic E-state index is -0.591. The van der Waals surface area contributed by atoms with Gasteiger partial charge in [-0.3, -0.25) is 9.59 Å². The summed E-state index contributed by atoms with van der Waals surface area (Å²) in [6, 6.07) is 9.63. The number of ether oxygens (including phenoxy) is 2. The van der Waals surface area contributed by atoms with Crippen molar-refractivity contribution in [1.82, 2.24) is 4.90 Å². The number of rotatable bonds is 5. The smallest absolute Gasteiger partial charge is 0.290 e. The van der Waals surface area contributed by atoms with Crippen LogP contribution in [0, 0.1) is 0 Å². The van der Waals surface area contributed by atoms with Crippen LogP contribution in [0.2, 0.25) is 5.02 Å². The van der Waals surface area contributed by atoms with E-state index in [0.717, 1.165) is 5.56 Å². The van der Waals surface area contributed by atoms with Crippen LogP contribution in [-0.4, -0.2) is 31.1 Å². The Morgan fingerprint density at radius 3 is 2.48 bits per heavy atom. The molecular weight excluding hydrogens is 394 g/mol. The Balaban J connectivity index is 1.92. The second kappa shape index (κ2) is 7.44. The average molecular weight is 414 g/mol. The summed E-state index contributed by atoms with van der Waals surface area (Å²) in [7, 11) is 1.65. The number of amides is 1. The van der Waals surface area contributed by atoms with E-state index in [1.54, 1.807) is 37.4 Å². The lowest BCUT2D eigenvalue weighted by Crippen LogP contribution is -2.25. The highest BCUT2D eigenvalue weighted by Gasteiger charge is 2.41. The number of hydrogen-bond donors (Lipinski definition) is 0. The molecule has 7 heteroatoms. The normalized spacial score (nSPS) is 15.7. The van der Waals surface area contributed by atoms with Crippen molar-refractivity contribution in [3.05, 3.63) is 68.5 Å². The Labute approximate surface area is 172 Å². The molecule has 0 saturated carbocycles.